The van der Waals surface area contributed by atoms with E-state index in [9.17, 15) is 9.59 Å². The highest BCUT2D eigenvalue weighted by atomic mass is 35.5. The molecule has 1 aliphatic rings. The number of amides is 3. The van der Waals surface area contributed by atoms with Crippen molar-refractivity contribution >= 4 is 23.5 Å². The molecule has 0 bridgehead atoms. The molecule has 6 heteroatoms. The van der Waals surface area contributed by atoms with E-state index in [4.69, 9.17) is 16.3 Å². The Balaban J connectivity index is 1.90. The highest BCUT2D eigenvalue weighted by Crippen LogP contribution is 2.33. The van der Waals surface area contributed by atoms with Crippen LogP contribution in [-0.4, -0.2) is 24.6 Å². The number of benzene rings is 2. The summed E-state index contributed by atoms with van der Waals surface area (Å²) in [7, 11) is 1.51. The summed E-state index contributed by atoms with van der Waals surface area (Å²) < 4.78 is 5.51. The monoisotopic (exact) mass is 344 g/mol. The number of methoxy groups -OCH3 is 1. The number of rotatable bonds is 4. The molecular weight excluding hydrogens is 328 g/mol. The lowest BCUT2D eigenvalue weighted by molar-refractivity contribution is -0.128. The van der Waals surface area contributed by atoms with Crippen molar-refractivity contribution in [3.63, 3.8) is 0 Å². The largest absolute Gasteiger partial charge is 0.374 e. The van der Waals surface area contributed by atoms with Crippen molar-refractivity contribution in [2.45, 2.75) is 18.6 Å². The fraction of sp³-hybridized carbons (Fsp3) is 0.222. The zero-order chi connectivity index (χ0) is 17.3. The van der Waals surface area contributed by atoms with Gasteiger partial charge >= 0.3 is 6.03 Å². The molecule has 0 saturated carbocycles. The highest BCUT2D eigenvalue weighted by molar-refractivity contribution is 6.30. The number of urea groups is 1. The van der Waals surface area contributed by atoms with Gasteiger partial charge in [0, 0.05) is 12.1 Å². The Kier molecular flexibility index (Phi) is 4.30. The van der Waals surface area contributed by atoms with Gasteiger partial charge in [-0.1, -0.05) is 48.0 Å². The zero-order valence-corrected chi connectivity index (χ0v) is 14.1. The first-order valence-electron chi connectivity index (χ1n) is 7.46. The first-order chi connectivity index (χ1) is 11.4. The molecule has 2 atom stereocenters. The van der Waals surface area contributed by atoms with Crippen LogP contribution in [0.1, 0.15) is 18.6 Å². The van der Waals surface area contributed by atoms with Gasteiger partial charge in [0.25, 0.3) is 5.91 Å². The summed E-state index contributed by atoms with van der Waals surface area (Å²) in [5.41, 5.74) is 1.72. The Morgan fingerprint density at radius 2 is 1.54 bits per heavy atom. The molecular formula is C18H17ClN2O3. The first kappa shape index (κ1) is 16.5. The maximum absolute atomic E-state index is 12.1. The number of hydrogen-bond acceptors (Lipinski definition) is 3. The third kappa shape index (κ3) is 2.88. The molecule has 1 saturated heterocycles. The van der Waals surface area contributed by atoms with E-state index in [1.165, 1.54) is 7.11 Å². The van der Waals surface area contributed by atoms with E-state index in [0.29, 0.717) is 5.02 Å². The Morgan fingerprint density at radius 1 is 1.00 bits per heavy atom. The standard InChI is InChI=1S/C18H17ClN2O3/c1-18(16(22)20-17(23)21-18)15(24-2)13-5-3-11(4-6-13)12-7-9-14(19)10-8-12/h3-10,15H,1-2H3,(H2,20,21,22,23). The molecule has 0 aliphatic carbocycles. The van der Waals surface area contributed by atoms with Crippen molar-refractivity contribution in [1.82, 2.24) is 10.6 Å². The number of carbonyl (C=O) groups excluding carboxylic acids is 2. The SMILES string of the molecule is COC(c1ccc(-c2ccc(Cl)cc2)cc1)C1(C)NC(=O)NC1=O. The lowest BCUT2D eigenvalue weighted by Crippen LogP contribution is -2.49. The zero-order valence-electron chi connectivity index (χ0n) is 13.3. The van der Waals surface area contributed by atoms with Crippen LogP contribution in [0.5, 0.6) is 0 Å². The fourth-order valence-corrected chi connectivity index (χ4v) is 3.07. The number of hydrogen-bond donors (Lipinski definition) is 2. The van der Waals surface area contributed by atoms with Crippen LogP contribution in [-0.2, 0) is 9.53 Å². The van der Waals surface area contributed by atoms with Crippen LogP contribution >= 0.6 is 11.6 Å². The summed E-state index contributed by atoms with van der Waals surface area (Å²) in [5, 5.41) is 5.58. The van der Waals surface area contributed by atoms with E-state index < -0.39 is 23.6 Å². The number of nitrogens with one attached hydrogen (secondary N) is 2. The number of halogens is 1. The molecule has 2 unspecified atom stereocenters. The first-order valence-corrected chi connectivity index (χ1v) is 7.84. The lowest BCUT2D eigenvalue weighted by atomic mass is 9.88. The van der Waals surface area contributed by atoms with Gasteiger partial charge in [-0.15, -0.1) is 0 Å². The number of ether oxygens (including phenoxy) is 1. The van der Waals surface area contributed by atoms with Gasteiger partial charge in [-0.2, -0.15) is 0 Å². The summed E-state index contributed by atoms with van der Waals surface area (Å²) in [6, 6.07) is 14.7. The maximum atomic E-state index is 12.1. The highest BCUT2D eigenvalue weighted by Gasteiger charge is 2.49. The van der Waals surface area contributed by atoms with E-state index in [-0.39, 0.29) is 0 Å². The predicted octanol–water partition coefficient (Wildman–Crippen LogP) is 3.29. The van der Waals surface area contributed by atoms with E-state index in [1.54, 1.807) is 6.92 Å². The van der Waals surface area contributed by atoms with Crippen LogP contribution in [0.2, 0.25) is 5.02 Å². The average Bonchev–Trinajstić information content (AvgIpc) is 2.82. The lowest BCUT2D eigenvalue weighted by Gasteiger charge is -2.30. The molecule has 0 radical (unpaired) electrons. The second kappa shape index (κ2) is 6.26. The summed E-state index contributed by atoms with van der Waals surface area (Å²) >= 11 is 5.91. The van der Waals surface area contributed by atoms with E-state index >= 15 is 0 Å². The summed E-state index contributed by atoms with van der Waals surface area (Å²) in [6.07, 6.45) is -0.594. The van der Waals surface area contributed by atoms with Crippen LogP contribution in [0.15, 0.2) is 48.5 Å². The van der Waals surface area contributed by atoms with Crippen molar-refractivity contribution in [1.29, 1.82) is 0 Å². The normalized spacial score (nSPS) is 21.3. The minimum atomic E-state index is -1.15. The van der Waals surface area contributed by atoms with E-state index in [1.807, 2.05) is 48.5 Å². The van der Waals surface area contributed by atoms with Gasteiger partial charge in [-0.3, -0.25) is 10.1 Å². The third-order valence-corrected chi connectivity index (χ3v) is 4.47. The second-order valence-electron chi connectivity index (χ2n) is 5.86. The van der Waals surface area contributed by atoms with Crippen LogP contribution in [0.25, 0.3) is 11.1 Å². The molecule has 0 spiro atoms. The van der Waals surface area contributed by atoms with Gasteiger partial charge in [0.05, 0.1) is 0 Å². The molecule has 24 heavy (non-hydrogen) atoms. The molecule has 2 N–H and O–H groups in total. The Morgan fingerprint density at radius 3 is 2.00 bits per heavy atom. The van der Waals surface area contributed by atoms with Gasteiger partial charge in [0.2, 0.25) is 0 Å². The van der Waals surface area contributed by atoms with Gasteiger partial charge in [-0.25, -0.2) is 4.79 Å². The summed E-state index contributed by atoms with van der Waals surface area (Å²) in [6.45, 7) is 1.65. The molecule has 5 nitrogen and oxygen atoms in total. The molecule has 0 aromatic heterocycles. The molecule has 2 aromatic rings. The Bertz CT molecular complexity index is 774. The second-order valence-corrected chi connectivity index (χ2v) is 6.29. The molecule has 3 rings (SSSR count). The molecule has 3 amide bonds. The summed E-state index contributed by atoms with van der Waals surface area (Å²) in [5.74, 6) is -0.402. The molecule has 1 heterocycles. The quantitative estimate of drug-likeness (QED) is 0.836. The molecule has 1 fully saturated rings. The van der Waals surface area contributed by atoms with E-state index in [0.717, 1.165) is 16.7 Å². The Hall–Kier alpha value is -2.37. The van der Waals surface area contributed by atoms with Gasteiger partial charge in [0.1, 0.15) is 11.6 Å². The molecule has 124 valence electrons. The van der Waals surface area contributed by atoms with Crippen LogP contribution in [0, 0.1) is 0 Å². The average molecular weight is 345 g/mol. The topological polar surface area (TPSA) is 67.4 Å². The predicted molar refractivity (Wildman–Crippen MR) is 91.7 cm³/mol. The van der Waals surface area contributed by atoms with Gasteiger partial charge in [0.15, 0.2) is 0 Å². The van der Waals surface area contributed by atoms with Gasteiger partial charge in [-0.05, 0) is 35.7 Å². The minimum Gasteiger partial charge on any atom is -0.374 e. The van der Waals surface area contributed by atoms with Crippen LogP contribution < -0.4 is 10.6 Å². The molecule has 1 aliphatic heterocycles. The van der Waals surface area contributed by atoms with Crippen molar-refractivity contribution in [3.8, 4) is 11.1 Å². The third-order valence-electron chi connectivity index (χ3n) is 4.22. The number of imide groups is 1. The van der Waals surface area contributed by atoms with Crippen molar-refractivity contribution in [2.75, 3.05) is 7.11 Å². The van der Waals surface area contributed by atoms with Crippen molar-refractivity contribution in [2.24, 2.45) is 0 Å². The molecule has 2 aromatic carbocycles. The number of carbonyl (C=O) groups is 2. The van der Waals surface area contributed by atoms with Crippen LogP contribution in [0.3, 0.4) is 0 Å². The van der Waals surface area contributed by atoms with Crippen molar-refractivity contribution < 1.29 is 14.3 Å². The smallest absolute Gasteiger partial charge is 0.322 e. The summed E-state index contributed by atoms with van der Waals surface area (Å²) in [4.78, 5) is 23.6. The fourth-order valence-electron chi connectivity index (χ4n) is 2.94. The van der Waals surface area contributed by atoms with Crippen LogP contribution in [0.4, 0.5) is 4.79 Å². The maximum Gasteiger partial charge on any atom is 0.322 e. The Labute approximate surface area is 145 Å². The van der Waals surface area contributed by atoms with Crippen molar-refractivity contribution in [3.05, 3.63) is 59.1 Å². The minimum absolute atomic E-state index is 0.402. The van der Waals surface area contributed by atoms with E-state index in [2.05, 4.69) is 10.6 Å². The van der Waals surface area contributed by atoms with Gasteiger partial charge < -0.3 is 10.1 Å².